The highest BCUT2D eigenvalue weighted by molar-refractivity contribution is 5.51. The minimum atomic E-state index is 0.504. The smallest absolute Gasteiger partial charge is 0.0598 e. The van der Waals surface area contributed by atoms with Crippen LogP contribution in [0, 0.1) is 0 Å². The Kier molecular flexibility index (Phi) is 3.44. The molecule has 2 rings (SSSR count). The highest BCUT2D eigenvalue weighted by atomic mass is 15.1. The zero-order valence-electron chi connectivity index (χ0n) is 10.4. The summed E-state index contributed by atoms with van der Waals surface area (Å²) in [5.74, 6) is 0. The van der Waals surface area contributed by atoms with Crippen molar-refractivity contribution in [3.63, 3.8) is 0 Å². The van der Waals surface area contributed by atoms with Crippen molar-refractivity contribution in [3.05, 3.63) is 24.0 Å². The Morgan fingerprint density at radius 2 is 2.25 bits per heavy atom. The minimum absolute atomic E-state index is 0.504. The highest BCUT2D eigenvalue weighted by Gasteiger charge is 2.20. The molecular weight excluding hydrogens is 198 g/mol. The van der Waals surface area contributed by atoms with Crippen LogP contribution in [-0.4, -0.2) is 24.1 Å². The van der Waals surface area contributed by atoms with E-state index in [0.717, 1.165) is 12.6 Å². The Morgan fingerprint density at radius 1 is 1.50 bits per heavy atom. The Labute approximate surface area is 97.9 Å². The Hall–Kier alpha value is -1.09. The van der Waals surface area contributed by atoms with E-state index in [-0.39, 0.29) is 0 Å². The van der Waals surface area contributed by atoms with E-state index >= 15 is 0 Å². The summed E-state index contributed by atoms with van der Waals surface area (Å²) in [6, 6.07) is 3.37. The molecule has 3 nitrogen and oxygen atoms in total. The fourth-order valence-electron chi connectivity index (χ4n) is 1.70. The monoisotopic (exact) mass is 219 g/mol. The van der Waals surface area contributed by atoms with Crippen molar-refractivity contribution in [3.8, 4) is 0 Å². The molecule has 1 N–H and O–H groups in total. The molecule has 1 aromatic rings. The predicted molar refractivity (Wildman–Crippen MR) is 67.6 cm³/mol. The van der Waals surface area contributed by atoms with Gasteiger partial charge in [0.2, 0.25) is 0 Å². The number of anilines is 1. The van der Waals surface area contributed by atoms with Gasteiger partial charge in [0, 0.05) is 31.9 Å². The van der Waals surface area contributed by atoms with E-state index in [1.54, 1.807) is 0 Å². The maximum absolute atomic E-state index is 4.22. The van der Waals surface area contributed by atoms with E-state index in [9.17, 15) is 0 Å². The molecule has 1 aromatic heterocycles. The average Bonchev–Trinajstić information content (AvgIpc) is 3.09. The number of nitrogens with one attached hydrogen (secondary N) is 1. The summed E-state index contributed by atoms with van der Waals surface area (Å²) < 4.78 is 0. The normalized spacial score (nSPS) is 15.5. The lowest BCUT2D eigenvalue weighted by atomic mass is 10.2. The molecule has 0 spiro atoms. The van der Waals surface area contributed by atoms with Gasteiger partial charge in [0.25, 0.3) is 0 Å². The molecule has 0 unspecified atom stereocenters. The van der Waals surface area contributed by atoms with Crippen LogP contribution in [0.1, 0.15) is 32.3 Å². The fourth-order valence-corrected chi connectivity index (χ4v) is 1.70. The maximum atomic E-state index is 4.22. The molecule has 0 radical (unpaired) electrons. The van der Waals surface area contributed by atoms with Crippen LogP contribution in [0.5, 0.6) is 0 Å². The van der Waals surface area contributed by atoms with Gasteiger partial charge < -0.3 is 10.2 Å². The summed E-state index contributed by atoms with van der Waals surface area (Å²) in [6.07, 6.45) is 6.51. The molecule has 3 heteroatoms. The number of pyridine rings is 1. The third-order valence-electron chi connectivity index (χ3n) is 3.20. The van der Waals surface area contributed by atoms with Crippen molar-refractivity contribution in [1.29, 1.82) is 0 Å². The summed E-state index contributed by atoms with van der Waals surface area (Å²) >= 11 is 0. The van der Waals surface area contributed by atoms with E-state index in [2.05, 4.69) is 42.2 Å². The van der Waals surface area contributed by atoms with Crippen molar-refractivity contribution >= 4 is 5.69 Å². The standard InChI is InChI=1S/C13H21N3/c1-10(2)16(3)13-9-14-7-6-11(13)8-15-12-4-5-12/h6-7,9-10,12,15H,4-5,8H2,1-3H3. The second-order valence-corrected chi connectivity index (χ2v) is 4.86. The van der Waals surface area contributed by atoms with E-state index in [1.807, 2.05) is 12.4 Å². The summed E-state index contributed by atoms with van der Waals surface area (Å²) in [4.78, 5) is 6.50. The molecule has 0 atom stereocenters. The molecule has 0 bridgehead atoms. The second kappa shape index (κ2) is 4.83. The van der Waals surface area contributed by atoms with Crippen LogP contribution in [0.3, 0.4) is 0 Å². The van der Waals surface area contributed by atoms with Gasteiger partial charge in [-0.1, -0.05) is 0 Å². The first-order valence-electron chi connectivity index (χ1n) is 6.07. The summed E-state index contributed by atoms with van der Waals surface area (Å²) in [6.45, 7) is 5.36. The topological polar surface area (TPSA) is 28.2 Å². The SMILES string of the molecule is CC(C)N(C)c1cnccc1CNC1CC1. The van der Waals surface area contributed by atoms with E-state index in [0.29, 0.717) is 6.04 Å². The number of hydrogen-bond donors (Lipinski definition) is 1. The third kappa shape index (κ3) is 2.73. The fraction of sp³-hybridized carbons (Fsp3) is 0.615. The first-order chi connectivity index (χ1) is 7.68. The zero-order chi connectivity index (χ0) is 11.5. The first-order valence-corrected chi connectivity index (χ1v) is 6.07. The van der Waals surface area contributed by atoms with Crippen LogP contribution in [-0.2, 0) is 6.54 Å². The molecule has 0 amide bonds. The third-order valence-corrected chi connectivity index (χ3v) is 3.20. The molecule has 88 valence electrons. The summed E-state index contributed by atoms with van der Waals surface area (Å²) in [5.41, 5.74) is 2.59. The zero-order valence-corrected chi connectivity index (χ0v) is 10.4. The van der Waals surface area contributed by atoms with Crippen LogP contribution in [0.2, 0.25) is 0 Å². The minimum Gasteiger partial charge on any atom is -0.371 e. The maximum Gasteiger partial charge on any atom is 0.0598 e. The summed E-state index contributed by atoms with van der Waals surface area (Å²) in [5, 5.41) is 3.55. The molecule has 16 heavy (non-hydrogen) atoms. The largest absolute Gasteiger partial charge is 0.371 e. The van der Waals surface area contributed by atoms with Gasteiger partial charge in [-0.2, -0.15) is 0 Å². The van der Waals surface area contributed by atoms with E-state index in [4.69, 9.17) is 0 Å². The lowest BCUT2D eigenvalue weighted by molar-refractivity contribution is 0.678. The van der Waals surface area contributed by atoms with Gasteiger partial charge in [0.05, 0.1) is 11.9 Å². The molecule has 0 aliphatic heterocycles. The molecule has 1 aliphatic carbocycles. The van der Waals surface area contributed by atoms with Crippen LogP contribution in [0.25, 0.3) is 0 Å². The number of nitrogens with zero attached hydrogens (tertiary/aromatic N) is 2. The Bertz CT molecular complexity index is 345. The van der Waals surface area contributed by atoms with Crippen molar-refractivity contribution in [2.24, 2.45) is 0 Å². The first kappa shape index (κ1) is 11.4. The van der Waals surface area contributed by atoms with Gasteiger partial charge in [0.15, 0.2) is 0 Å². The van der Waals surface area contributed by atoms with Crippen molar-refractivity contribution in [1.82, 2.24) is 10.3 Å². The van der Waals surface area contributed by atoms with Crippen LogP contribution in [0.4, 0.5) is 5.69 Å². The van der Waals surface area contributed by atoms with Gasteiger partial charge >= 0.3 is 0 Å². The molecule has 1 fully saturated rings. The van der Waals surface area contributed by atoms with Crippen LogP contribution in [0.15, 0.2) is 18.5 Å². The second-order valence-electron chi connectivity index (χ2n) is 4.86. The van der Waals surface area contributed by atoms with Crippen LogP contribution < -0.4 is 10.2 Å². The quantitative estimate of drug-likeness (QED) is 0.822. The predicted octanol–water partition coefficient (Wildman–Crippen LogP) is 2.18. The van der Waals surface area contributed by atoms with E-state index in [1.165, 1.54) is 24.1 Å². The highest BCUT2D eigenvalue weighted by Crippen LogP contribution is 2.23. The Balaban J connectivity index is 2.08. The number of hydrogen-bond acceptors (Lipinski definition) is 3. The molecular formula is C13H21N3. The molecule has 1 saturated carbocycles. The van der Waals surface area contributed by atoms with Gasteiger partial charge in [-0.3, -0.25) is 4.98 Å². The van der Waals surface area contributed by atoms with Crippen molar-refractivity contribution < 1.29 is 0 Å². The van der Waals surface area contributed by atoms with Gasteiger partial charge in [-0.15, -0.1) is 0 Å². The molecule has 0 aromatic carbocycles. The van der Waals surface area contributed by atoms with Gasteiger partial charge in [-0.05, 0) is 38.3 Å². The number of aromatic nitrogens is 1. The molecule has 0 saturated heterocycles. The van der Waals surface area contributed by atoms with E-state index < -0.39 is 0 Å². The molecule has 1 aliphatic rings. The summed E-state index contributed by atoms with van der Waals surface area (Å²) in [7, 11) is 2.13. The lowest BCUT2D eigenvalue weighted by Gasteiger charge is -2.26. The average molecular weight is 219 g/mol. The lowest BCUT2D eigenvalue weighted by Crippen LogP contribution is -2.28. The van der Waals surface area contributed by atoms with Crippen molar-refractivity contribution in [2.75, 3.05) is 11.9 Å². The van der Waals surface area contributed by atoms with Crippen LogP contribution >= 0.6 is 0 Å². The molecule has 1 heterocycles. The van der Waals surface area contributed by atoms with Gasteiger partial charge in [-0.25, -0.2) is 0 Å². The van der Waals surface area contributed by atoms with Gasteiger partial charge in [0.1, 0.15) is 0 Å². The Morgan fingerprint density at radius 3 is 2.88 bits per heavy atom. The van der Waals surface area contributed by atoms with Crippen molar-refractivity contribution in [2.45, 2.75) is 45.3 Å². The number of rotatable bonds is 5.